The van der Waals surface area contributed by atoms with E-state index in [1.165, 1.54) is 4.31 Å². The zero-order chi connectivity index (χ0) is 19.6. The smallest absolute Gasteiger partial charge is 0.263 e. The minimum absolute atomic E-state index is 0.0657. The highest BCUT2D eigenvalue weighted by Gasteiger charge is 2.34. The molecule has 27 heavy (non-hydrogen) atoms. The molecule has 7 nitrogen and oxygen atoms in total. The van der Waals surface area contributed by atoms with Crippen molar-refractivity contribution in [1.29, 1.82) is 0 Å². The summed E-state index contributed by atoms with van der Waals surface area (Å²) in [7, 11) is -1.95. The lowest BCUT2D eigenvalue weighted by Gasteiger charge is -2.34. The zero-order valence-electron chi connectivity index (χ0n) is 15.4. The Morgan fingerprint density at radius 1 is 1.26 bits per heavy atom. The van der Waals surface area contributed by atoms with Gasteiger partial charge in [-0.2, -0.15) is 0 Å². The molecule has 0 radical (unpaired) electrons. The third-order valence-corrected chi connectivity index (χ3v) is 5.45. The van der Waals surface area contributed by atoms with Crippen molar-refractivity contribution in [2.24, 2.45) is 0 Å². The van der Waals surface area contributed by atoms with Crippen molar-refractivity contribution in [3.63, 3.8) is 0 Å². The minimum Gasteiger partial charge on any atom is -0.497 e. The molecule has 144 valence electrons. The van der Waals surface area contributed by atoms with E-state index in [0.717, 1.165) is 23.1 Å². The van der Waals surface area contributed by atoms with Crippen LogP contribution in [0.3, 0.4) is 0 Å². The van der Waals surface area contributed by atoms with Crippen molar-refractivity contribution >= 4 is 21.6 Å². The SMILES string of the molecule is COc1ccc(CNC(=O)C2CN(S(C)(=O)=O)c3cc(C)ccc3O2)cc1. The Morgan fingerprint density at radius 2 is 1.96 bits per heavy atom. The number of amides is 1. The minimum atomic E-state index is -3.54. The van der Waals surface area contributed by atoms with Crippen LogP contribution in [0, 0.1) is 6.92 Å². The number of anilines is 1. The number of fused-ring (bicyclic) bond motifs is 1. The summed E-state index contributed by atoms with van der Waals surface area (Å²) >= 11 is 0. The van der Waals surface area contributed by atoms with Crippen LogP contribution in [0.4, 0.5) is 5.69 Å². The first-order valence-electron chi connectivity index (χ1n) is 8.43. The van der Waals surface area contributed by atoms with E-state index in [2.05, 4.69) is 5.32 Å². The van der Waals surface area contributed by atoms with Gasteiger partial charge in [-0.25, -0.2) is 8.42 Å². The second-order valence-electron chi connectivity index (χ2n) is 6.44. The molecule has 1 heterocycles. The molecule has 0 saturated carbocycles. The Bertz CT molecular complexity index is 941. The lowest BCUT2D eigenvalue weighted by atomic mass is 10.1. The topological polar surface area (TPSA) is 84.9 Å². The Balaban J connectivity index is 1.74. The fraction of sp³-hybridized carbons (Fsp3) is 0.316. The average Bonchev–Trinajstić information content (AvgIpc) is 2.64. The zero-order valence-corrected chi connectivity index (χ0v) is 16.2. The molecule has 1 unspecified atom stereocenters. The number of rotatable bonds is 5. The number of ether oxygens (including phenoxy) is 2. The molecule has 0 saturated heterocycles. The summed E-state index contributed by atoms with van der Waals surface area (Å²) < 4.78 is 36.5. The van der Waals surface area contributed by atoms with Crippen molar-refractivity contribution in [3.05, 3.63) is 53.6 Å². The lowest BCUT2D eigenvalue weighted by Crippen LogP contribution is -2.50. The highest BCUT2D eigenvalue weighted by molar-refractivity contribution is 7.92. The number of sulfonamides is 1. The van der Waals surface area contributed by atoms with E-state index in [4.69, 9.17) is 9.47 Å². The van der Waals surface area contributed by atoms with Crippen LogP contribution in [0.2, 0.25) is 0 Å². The van der Waals surface area contributed by atoms with Crippen molar-refractivity contribution in [2.75, 3.05) is 24.2 Å². The Labute approximate surface area is 158 Å². The fourth-order valence-corrected chi connectivity index (χ4v) is 3.76. The molecule has 1 aliphatic heterocycles. The van der Waals surface area contributed by atoms with Gasteiger partial charge in [0, 0.05) is 6.54 Å². The lowest BCUT2D eigenvalue weighted by molar-refractivity contribution is -0.127. The number of aryl methyl sites for hydroxylation is 1. The van der Waals surface area contributed by atoms with Gasteiger partial charge in [-0.15, -0.1) is 0 Å². The van der Waals surface area contributed by atoms with Gasteiger partial charge in [-0.1, -0.05) is 18.2 Å². The molecule has 2 aromatic carbocycles. The number of nitrogens with one attached hydrogen (secondary N) is 1. The third kappa shape index (κ3) is 4.33. The first-order valence-corrected chi connectivity index (χ1v) is 10.3. The van der Waals surface area contributed by atoms with Gasteiger partial charge in [0.1, 0.15) is 11.5 Å². The molecule has 0 aromatic heterocycles. The van der Waals surface area contributed by atoms with Crippen molar-refractivity contribution < 1.29 is 22.7 Å². The molecule has 0 aliphatic carbocycles. The van der Waals surface area contributed by atoms with Crippen LogP contribution >= 0.6 is 0 Å². The number of carbonyl (C=O) groups is 1. The van der Waals surface area contributed by atoms with E-state index in [1.807, 2.05) is 37.3 Å². The van der Waals surface area contributed by atoms with Gasteiger partial charge in [-0.05, 0) is 42.3 Å². The van der Waals surface area contributed by atoms with E-state index >= 15 is 0 Å². The highest BCUT2D eigenvalue weighted by atomic mass is 32.2. The van der Waals surface area contributed by atoms with Gasteiger partial charge in [-0.3, -0.25) is 9.10 Å². The van der Waals surface area contributed by atoms with Gasteiger partial charge >= 0.3 is 0 Å². The van der Waals surface area contributed by atoms with E-state index in [9.17, 15) is 13.2 Å². The predicted octanol–water partition coefficient (Wildman–Crippen LogP) is 1.85. The summed E-state index contributed by atoms with van der Waals surface area (Å²) in [6.07, 6.45) is 0.199. The summed E-state index contributed by atoms with van der Waals surface area (Å²) in [5.74, 6) is 0.740. The maximum Gasteiger partial charge on any atom is 0.263 e. The van der Waals surface area contributed by atoms with Gasteiger partial charge < -0.3 is 14.8 Å². The Kier molecular flexibility index (Phi) is 5.27. The maximum absolute atomic E-state index is 12.6. The van der Waals surface area contributed by atoms with Crippen LogP contribution in [0.25, 0.3) is 0 Å². The van der Waals surface area contributed by atoms with Crippen LogP contribution in [0.1, 0.15) is 11.1 Å². The van der Waals surface area contributed by atoms with Crippen LogP contribution < -0.4 is 19.1 Å². The van der Waals surface area contributed by atoms with Gasteiger partial charge in [0.25, 0.3) is 5.91 Å². The summed E-state index contributed by atoms with van der Waals surface area (Å²) in [5, 5.41) is 2.79. The third-order valence-electron chi connectivity index (χ3n) is 4.30. The molecule has 2 aromatic rings. The molecule has 1 N–H and O–H groups in total. The molecule has 1 aliphatic rings. The molecule has 0 fully saturated rings. The summed E-state index contributed by atoms with van der Waals surface area (Å²) in [5.41, 5.74) is 2.26. The van der Waals surface area contributed by atoms with Crippen LogP contribution in [0.5, 0.6) is 11.5 Å². The van der Waals surface area contributed by atoms with Crippen LogP contribution in [0.15, 0.2) is 42.5 Å². The molecule has 3 rings (SSSR count). The molecular formula is C19H22N2O5S. The molecule has 1 amide bonds. The number of hydrogen-bond donors (Lipinski definition) is 1. The molecule has 0 spiro atoms. The van der Waals surface area contributed by atoms with Crippen molar-refractivity contribution in [3.8, 4) is 11.5 Å². The normalized spacial score (nSPS) is 16.3. The maximum atomic E-state index is 12.6. The van der Waals surface area contributed by atoms with Crippen LogP contribution in [-0.2, 0) is 21.4 Å². The van der Waals surface area contributed by atoms with Crippen molar-refractivity contribution in [2.45, 2.75) is 19.6 Å². The van der Waals surface area contributed by atoms with Crippen LogP contribution in [-0.4, -0.2) is 40.3 Å². The van der Waals surface area contributed by atoms with E-state index in [1.54, 1.807) is 19.2 Å². The monoisotopic (exact) mass is 390 g/mol. The first kappa shape index (κ1) is 19.0. The molecule has 1 atom stereocenters. The van der Waals surface area contributed by atoms with Gasteiger partial charge in [0.15, 0.2) is 6.10 Å². The summed E-state index contributed by atoms with van der Waals surface area (Å²) in [6.45, 7) is 2.11. The summed E-state index contributed by atoms with van der Waals surface area (Å²) in [6, 6.07) is 12.6. The van der Waals surface area contributed by atoms with Gasteiger partial charge in [0.2, 0.25) is 10.0 Å². The second kappa shape index (κ2) is 7.48. The Morgan fingerprint density at radius 3 is 2.59 bits per heavy atom. The molecule has 0 bridgehead atoms. The number of benzene rings is 2. The summed E-state index contributed by atoms with van der Waals surface area (Å²) in [4.78, 5) is 12.6. The average molecular weight is 390 g/mol. The van der Waals surface area contributed by atoms with Gasteiger partial charge in [0.05, 0.1) is 25.6 Å². The quantitative estimate of drug-likeness (QED) is 0.842. The van der Waals surface area contributed by atoms with Crippen molar-refractivity contribution in [1.82, 2.24) is 5.32 Å². The number of methoxy groups -OCH3 is 1. The first-order chi connectivity index (χ1) is 12.8. The predicted molar refractivity (Wildman–Crippen MR) is 103 cm³/mol. The standard InChI is InChI=1S/C19H22N2O5S/c1-13-4-9-17-16(10-13)21(27(3,23)24)12-18(26-17)19(22)20-11-14-5-7-15(25-2)8-6-14/h4-10,18H,11-12H2,1-3H3,(H,20,22). The fourth-order valence-electron chi connectivity index (χ4n) is 2.86. The van der Waals surface area contributed by atoms with E-state index in [0.29, 0.717) is 18.0 Å². The van der Waals surface area contributed by atoms with E-state index < -0.39 is 16.1 Å². The molecule has 8 heteroatoms. The van der Waals surface area contributed by atoms with E-state index in [-0.39, 0.29) is 12.5 Å². The Hall–Kier alpha value is -2.74. The number of hydrogen-bond acceptors (Lipinski definition) is 5. The largest absolute Gasteiger partial charge is 0.497 e. The number of carbonyl (C=O) groups excluding carboxylic acids is 1. The highest BCUT2D eigenvalue weighted by Crippen LogP contribution is 2.35. The number of nitrogens with zero attached hydrogens (tertiary/aromatic N) is 1. The molecular weight excluding hydrogens is 368 g/mol. The second-order valence-corrected chi connectivity index (χ2v) is 8.34.